The lowest BCUT2D eigenvalue weighted by Crippen LogP contribution is -2.64. The van der Waals surface area contributed by atoms with Gasteiger partial charge < -0.3 is 15.4 Å². The molecule has 19 heavy (non-hydrogen) atoms. The van der Waals surface area contributed by atoms with E-state index in [4.69, 9.17) is 4.74 Å². The van der Waals surface area contributed by atoms with Crippen LogP contribution in [-0.4, -0.2) is 38.3 Å². The highest BCUT2D eigenvalue weighted by molar-refractivity contribution is 5.79. The average Bonchev–Trinajstić information content (AvgIpc) is 2.45. The Hall–Kier alpha value is -0.610. The number of piperidine rings is 1. The summed E-state index contributed by atoms with van der Waals surface area (Å²) in [4.78, 5) is 12.3. The van der Waals surface area contributed by atoms with E-state index in [9.17, 15) is 4.79 Å². The van der Waals surface area contributed by atoms with Gasteiger partial charge in [-0.2, -0.15) is 0 Å². The monoisotopic (exact) mass is 268 g/mol. The van der Waals surface area contributed by atoms with E-state index in [1.165, 1.54) is 0 Å². The van der Waals surface area contributed by atoms with E-state index < -0.39 is 0 Å². The lowest BCUT2D eigenvalue weighted by atomic mass is 9.58. The van der Waals surface area contributed by atoms with Gasteiger partial charge in [0.05, 0.1) is 6.10 Å². The normalized spacial score (nSPS) is 30.7. The van der Waals surface area contributed by atoms with Crippen molar-refractivity contribution in [2.75, 3.05) is 20.2 Å². The molecule has 1 aliphatic carbocycles. The summed E-state index contributed by atoms with van der Waals surface area (Å²) in [7, 11) is 1.79. The molecule has 0 bridgehead atoms. The number of methoxy groups -OCH3 is 1. The molecule has 2 aliphatic rings. The Morgan fingerprint density at radius 1 is 1.32 bits per heavy atom. The molecule has 0 aromatic rings. The van der Waals surface area contributed by atoms with Gasteiger partial charge in [-0.05, 0) is 45.2 Å². The molecular weight excluding hydrogens is 240 g/mol. The third-order valence-electron chi connectivity index (χ3n) is 5.41. The summed E-state index contributed by atoms with van der Waals surface area (Å²) in [5, 5.41) is 6.60. The molecule has 1 heterocycles. The average molecular weight is 268 g/mol. The molecule has 2 N–H and O–H groups in total. The van der Waals surface area contributed by atoms with Crippen molar-refractivity contribution in [3.8, 4) is 0 Å². The van der Waals surface area contributed by atoms with Crippen LogP contribution >= 0.6 is 0 Å². The fourth-order valence-electron chi connectivity index (χ4n) is 3.85. The molecule has 2 atom stereocenters. The highest BCUT2D eigenvalue weighted by Gasteiger charge is 2.53. The molecule has 0 radical (unpaired) electrons. The maximum absolute atomic E-state index is 12.3. The quantitative estimate of drug-likeness (QED) is 0.798. The zero-order valence-electron chi connectivity index (χ0n) is 12.5. The van der Waals surface area contributed by atoms with E-state index in [0.717, 1.165) is 45.2 Å². The van der Waals surface area contributed by atoms with Crippen LogP contribution < -0.4 is 10.6 Å². The Morgan fingerprint density at radius 3 is 2.47 bits per heavy atom. The molecular formula is C15H28N2O2. The number of rotatable bonds is 5. The van der Waals surface area contributed by atoms with E-state index in [2.05, 4.69) is 24.5 Å². The molecule has 1 saturated heterocycles. The topological polar surface area (TPSA) is 50.4 Å². The first-order chi connectivity index (χ1) is 9.17. The fourth-order valence-corrected chi connectivity index (χ4v) is 3.85. The third kappa shape index (κ3) is 2.65. The van der Waals surface area contributed by atoms with Gasteiger partial charge in [0.1, 0.15) is 0 Å². The largest absolute Gasteiger partial charge is 0.381 e. The van der Waals surface area contributed by atoms with E-state index in [0.29, 0.717) is 12.1 Å². The van der Waals surface area contributed by atoms with Gasteiger partial charge in [0.2, 0.25) is 5.91 Å². The Bertz CT molecular complexity index is 309. The molecule has 2 unspecified atom stereocenters. The standard InChI is InChI=1S/C15H28N2O2/c1-4-15(5-2)12(10-13(15)19-3)17-14(18)11-6-8-16-9-7-11/h11-13,16H,4-10H2,1-3H3,(H,17,18). The second kappa shape index (κ2) is 6.23. The van der Waals surface area contributed by atoms with Crippen LogP contribution in [0, 0.1) is 11.3 Å². The van der Waals surface area contributed by atoms with Crippen molar-refractivity contribution < 1.29 is 9.53 Å². The molecule has 1 aliphatic heterocycles. The van der Waals surface area contributed by atoms with Crippen molar-refractivity contribution in [2.24, 2.45) is 11.3 Å². The highest BCUT2D eigenvalue weighted by Crippen LogP contribution is 2.48. The predicted molar refractivity (Wildman–Crippen MR) is 76.0 cm³/mol. The summed E-state index contributed by atoms with van der Waals surface area (Å²) in [6.45, 7) is 6.35. The Kier molecular flexibility index (Phi) is 4.85. The van der Waals surface area contributed by atoms with Crippen molar-refractivity contribution >= 4 is 5.91 Å². The Balaban J connectivity index is 1.93. The zero-order chi connectivity index (χ0) is 13.9. The van der Waals surface area contributed by atoms with Crippen LogP contribution in [0.15, 0.2) is 0 Å². The smallest absolute Gasteiger partial charge is 0.223 e. The SMILES string of the molecule is CCC1(CC)C(NC(=O)C2CCNCC2)CC1OC. The van der Waals surface area contributed by atoms with Gasteiger partial charge in [-0.15, -0.1) is 0 Å². The predicted octanol–water partition coefficient (Wildman–Crippen LogP) is 1.70. The van der Waals surface area contributed by atoms with Gasteiger partial charge in [0.15, 0.2) is 0 Å². The number of amides is 1. The van der Waals surface area contributed by atoms with Crippen LogP contribution in [0.2, 0.25) is 0 Å². The summed E-state index contributed by atoms with van der Waals surface area (Å²) in [5.74, 6) is 0.460. The minimum atomic E-state index is 0.150. The number of ether oxygens (including phenoxy) is 1. The van der Waals surface area contributed by atoms with Crippen LogP contribution in [0.25, 0.3) is 0 Å². The van der Waals surface area contributed by atoms with Gasteiger partial charge in [0.25, 0.3) is 0 Å². The molecule has 0 aromatic heterocycles. The number of carbonyl (C=O) groups excluding carboxylic acids is 1. The van der Waals surface area contributed by atoms with Crippen LogP contribution in [0.4, 0.5) is 0 Å². The van der Waals surface area contributed by atoms with Crippen LogP contribution in [0.3, 0.4) is 0 Å². The first kappa shape index (κ1) is 14.8. The van der Waals surface area contributed by atoms with Crippen molar-refractivity contribution in [3.05, 3.63) is 0 Å². The van der Waals surface area contributed by atoms with Crippen molar-refractivity contribution in [1.82, 2.24) is 10.6 Å². The molecule has 110 valence electrons. The van der Waals surface area contributed by atoms with E-state index in [1.807, 2.05) is 0 Å². The van der Waals surface area contributed by atoms with Crippen LogP contribution in [0.5, 0.6) is 0 Å². The minimum absolute atomic E-state index is 0.150. The van der Waals surface area contributed by atoms with Crippen molar-refractivity contribution in [1.29, 1.82) is 0 Å². The third-order valence-corrected chi connectivity index (χ3v) is 5.41. The van der Waals surface area contributed by atoms with Crippen molar-refractivity contribution in [3.63, 3.8) is 0 Å². The Labute approximate surface area is 116 Å². The molecule has 4 nitrogen and oxygen atoms in total. The lowest BCUT2D eigenvalue weighted by molar-refractivity contribution is -0.144. The molecule has 0 spiro atoms. The maximum Gasteiger partial charge on any atom is 0.223 e. The van der Waals surface area contributed by atoms with E-state index in [1.54, 1.807) is 7.11 Å². The molecule has 1 saturated carbocycles. The summed E-state index contributed by atoms with van der Waals surface area (Å²) < 4.78 is 5.58. The lowest BCUT2D eigenvalue weighted by Gasteiger charge is -2.55. The summed E-state index contributed by atoms with van der Waals surface area (Å²) in [6, 6.07) is 0.301. The van der Waals surface area contributed by atoms with Gasteiger partial charge in [-0.3, -0.25) is 4.79 Å². The van der Waals surface area contributed by atoms with E-state index in [-0.39, 0.29) is 17.2 Å². The maximum atomic E-state index is 12.3. The molecule has 2 rings (SSSR count). The van der Waals surface area contributed by atoms with Crippen LogP contribution in [0.1, 0.15) is 46.0 Å². The Morgan fingerprint density at radius 2 is 1.95 bits per heavy atom. The van der Waals surface area contributed by atoms with Crippen LogP contribution in [-0.2, 0) is 9.53 Å². The first-order valence-electron chi connectivity index (χ1n) is 7.71. The first-order valence-corrected chi connectivity index (χ1v) is 7.71. The van der Waals surface area contributed by atoms with Crippen molar-refractivity contribution in [2.45, 2.75) is 58.1 Å². The summed E-state index contributed by atoms with van der Waals surface area (Å²) >= 11 is 0. The second-order valence-corrected chi connectivity index (χ2v) is 5.99. The molecule has 2 fully saturated rings. The second-order valence-electron chi connectivity index (χ2n) is 5.99. The van der Waals surface area contributed by atoms with E-state index >= 15 is 0 Å². The highest BCUT2D eigenvalue weighted by atomic mass is 16.5. The molecule has 1 amide bonds. The van der Waals surface area contributed by atoms with Gasteiger partial charge in [-0.1, -0.05) is 13.8 Å². The number of hydrogen-bond donors (Lipinski definition) is 2. The molecule has 0 aromatic carbocycles. The zero-order valence-corrected chi connectivity index (χ0v) is 12.5. The summed E-state index contributed by atoms with van der Waals surface area (Å²) in [6.07, 6.45) is 5.35. The molecule has 4 heteroatoms. The van der Waals surface area contributed by atoms with Gasteiger partial charge >= 0.3 is 0 Å². The summed E-state index contributed by atoms with van der Waals surface area (Å²) in [5.41, 5.74) is 0.150. The number of carbonyl (C=O) groups is 1. The van der Waals surface area contributed by atoms with Gasteiger partial charge in [-0.25, -0.2) is 0 Å². The number of nitrogens with one attached hydrogen (secondary N) is 2. The van der Waals surface area contributed by atoms with Gasteiger partial charge in [0, 0.05) is 24.5 Å². The fraction of sp³-hybridized carbons (Fsp3) is 0.933. The number of hydrogen-bond acceptors (Lipinski definition) is 3. The minimum Gasteiger partial charge on any atom is -0.381 e.